The lowest BCUT2D eigenvalue weighted by atomic mass is 10.0. The van der Waals surface area contributed by atoms with Gasteiger partial charge in [0.2, 0.25) is 11.9 Å². The van der Waals surface area contributed by atoms with Gasteiger partial charge in [-0.25, -0.2) is 18.7 Å². The molecule has 1 amide bonds. The van der Waals surface area contributed by atoms with E-state index in [1.807, 2.05) is 0 Å². The quantitative estimate of drug-likeness (QED) is 0.485. The molecule has 0 aliphatic carbocycles. The van der Waals surface area contributed by atoms with E-state index in [4.69, 9.17) is 14.2 Å². The van der Waals surface area contributed by atoms with Crippen molar-refractivity contribution < 1.29 is 27.8 Å². The van der Waals surface area contributed by atoms with Crippen LogP contribution in [0.5, 0.6) is 11.5 Å². The molecule has 2 atom stereocenters. The summed E-state index contributed by atoms with van der Waals surface area (Å²) in [6.45, 7) is 4.27. The molecule has 0 saturated carbocycles. The first-order chi connectivity index (χ1) is 16.4. The van der Waals surface area contributed by atoms with Crippen LogP contribution >= 0.6 is 0 Å². The van der Waals surface area contributed by atoms with Gasteiger partial charge in [-0.3, -0.25) is 4.79 Å². The number of benzene rings is 1. The molecule has 9 nitrogen and oxygen atoms in total. The number of carbonyl (C=O) groups excluding carboxylic acids is 1. The highest BCUT2D eigenvalue weighted by atomic mass is 19.1. The Balaban J connectivity index is 1.57. The number of ether oxygens (including phenoxy) is 3. The Kier molecular flexibility index (Phi) is 6.92. The third-order valence-corrected chi connectivity index (χ3v) is 5.70. The van der Waals surface area contributed by atoms with Crippen molar-refractivity contribution in [3.05, 3.63) is 54.4 Å². The number of nitrogens with one attached hydrogen (secondary N) is 2. The summed E-state index contributed by atoms with van der Waals surface area (Å²) in [6, 6.07) is 2.49. The van der Waals surface area contributed by atoms with Crippen molar-refractivity contribution in [2.24, 2.45) is 0 Å². The number of halogens is 2. The average Bonchev–Trinajstić information content (AvgIpc) is 3.25. The van der Waals surface area contributed by atoms with Gasteiger partial charge in [-0.05, 0) is 18.6 Å². The molecule has 1 aliphatic heterocycles. The molecule has 1 fully saturated rings. The van der Waals surface area contributed by atoms with Gasteiger partial charge in [0.25, 0.3) is 0 Å². The fourth-order valence-electron chi connectivity index (χ4n) is 3.89. The van der Waals surface area contributed by atoms with Gasteiger partial charge in [0.1, 0.15) is 0 Å². The second-order valence-electron chi connectivity index (χ2n) is 7.73. The summed E-state index contributed by atoms with van der Waals surface area (Å²) >= 11 is 0. The zero-order valence-corrected chi connectivity index (χ0v) is 18.8. The number of hydrogen-bond donors (Lipinski definition) is 2. The summed E-state index contributed by atoms with van der Waals surface area (Å²) in [4.78, 5) is 20.6. The number of nitrogens with zero attached hydrogens (tertiary/aromatic N) is 3. The van der Waals surface area contributed by atoms with Gasteiger partial charge in [0.15, 0.2) is 23.1 Å². The van der Waals surface area contributed by atoms with Crippen molar-refractivity contribution in [2.45, 2.75) is 25.0 Å². The van der Waals surface area contributed by atoms with Crippen LogP contribution in [0.1, 0.15) is 12.0 Å². The Bertz CT molecular complexity index is 1190. The second kappa shape index (κ2) is 10.0. The lowest BCUT2D eigenvalue weighted by molar-refractivity contribution is -0.117. The smallest absolute Gasteiger partial charge is 0.243 e. The third-order valence-electron chi connectivity index (χ3n) is 5.70. The van der Waals surface area contributed by atoms with Crippen molar-refractivity contribution >= 4 is 22.9 Å². The molecule has 0 bridgehead atoms. The maximum Gasteiger partial charge on any atom is 0.243 e. The van der Waals surface area contributed by atoms with E-state index < -0.39 is 11.6 Å². The van der Waals surface area contributed by atoms with Crippen molar-refractivity contribution in [2.75, 3.05) is 32.8 Å². The minimum Gasteiger partial charge on any atom is -0.494 e. The zero-order valence-electron chi connectivity index (χ0n) is 18.8. The molecule has 2 aromatic heterocycles. The third kappa shape index (κ3) is 4.65. The van der Waals surface area contributed by atoms with E-state index in [2.05, 4.69) is 27.2 Å². The number of rotatable bonds is 8. The average molecular weight is 473 g/mol. The standard InChI is InChI=1S/C23H25F2N5O4/c1-4-20(31)27-14-6-8-34-12-16(14)29-23-26-10-17-15(28-23)5-7-30(17)11-13-21(24)18(32-2)9-19(33-3)22(13)25/h4-5,7,9-10,14,16H,1,6,8,11-12H2,2-3H3,(H,27,31)(H,26,28,29). The summed E-state index contributed by atoms with van der Waals surface area (Å²) in [7, 11) is 2.61. The number of amides is 1. The number of aromatic nitrogens is 3. The van der Waals surface area contributed by atoms with E-state index in [1.165, 1.54) is 26.4 Å². The predicted molar refractivity (Wildman–Crippen MR) is 121 cm³/mol. The maximum atomic E-state index is 14.8. The van der Waals surface area contributed by atoms with Crippen LogP contribution in [0, 0.1) is 11.6 Å². The lowest BCUT2D eigenvalue weighted by Crippen LogP contribution is -2.52. The van der Waals surface area contributed by atoms with Crippen LogP contribution in [-0.4, -0.2) is 60.0 Å². The first-order valence-electron chi connectivity index (χ1n) is 10.6. The van der Waals surface area contributed by atoms with E-state index in [0.717, 1.165) is 0 Å². The normalized spacial score (nSPS) is 17.9. The van der Waals surface area contributed by atoms with Crippen LogP contribution in [0.25, 0.3) is 11.0 Å². The number of fused-ring (bicyclic) bond motifs is 1. The Labute approximate surface area is 194 Å². The van der Waals surface area contributed by atoms with Crippen molar-refractivity contribution in [3.63, 3.8) is 0 Å². The molecule has 3 aromatic rings. The Morgan fingerprint density at radius 2 is 2.03 bits per heavy atom. The number of hydrogen-bond acceptors (Lipinski definition) is 7. The Morgan fingerprint density at radius 1 is 1.29 bits per heavy atom. The van der Waals surface area contributed by atoms with Gasteiger partial charge in [-0.15, -0.1) is 0 Å². The molecule has 180 valence electrons. The molecular weight excluding hydrogens is 448 g/mol. The molecule has 1 aromatic carbocycles. The van der Waals surface area contributed by atoms with Crippen molar-refractivity contribution in [3.8, 4) is 11.5 Å². The Morgan fingerprint density at radius 3 is 2.71 bits per heavy atom. The molecule has 1 saturated heterocycles. The molecule has 0 spiro atoms. The lowest BCUT2D eigenvalue weighted by Gasteiger charge is -2.32. The van der Waals surface area contributed by atoms with Gasteiger partial charge >= 0.3 is 0 Å². The maximum absolute atomic E-state index is 14.8. The molecule has 11 heteroatoms. The fourth-order valence-corrected chi connectivity index (χ4v) is 3.89. The summed E-state index contributed by atoms with van der Waals surface area (Å²) in [5.74, 6) is -1.74. The highest BCUT2D eigenvalue weighted by Gasteiger charge is 2.27. The summed E-state index contributed by atoms with van der Waals surface area (Å²) in [6.07, 6.45) is 5.10. The minimum absolute atomic E-state index is 0.111. The molecule has 0 radical (unpaired) electrons. The monoisotopic (exact) mass is 473 g/mol. The van der Waals surface area contributed by atoms with Crippen LogP contribution in [0.3, 0.4) is 0 Å². The van der Waals surface area contributed by atoms with Crippen LogP contribution < -0.4 is 20.1 Å². The molecular formula is C23H25F2N5O4. The molecule has 2 N–H and O–H groups in total. The molecule has 1 aliphatic rings. The van der Waals surface area contributed by atoms with Crippen LogP contribution in [0.4, 0.5) is 14.7 Å². The van der Waals surface area contributed by atoms with Crippen LogP contribution in [0.15, 0.2) is 37.2 Å². The van der Waals surface area contributed by atoms with E-state index in [-0.39, 0.29) is 41.6 Å². The SMILES string of the molecule is C=CC(=O)NC1CCOCC1Nc1ncc2c(ccn2Cc2c(F)c(OC)cc(OC)c2F)n1. The summed E-state index contributed by atoms with van der Waals surface area (Å²) < 4.78 is 46.8. The zero-order chi connectivity index (χ0) is 24.2. The number of carbonyl (C=O) groups is 1. The first kappa shape index (κ1) is 23.4. The molecule has 3 heterocycles. The van der Waals surface area contributed by atoms with E-state index >= 15 is 0 Å². The van der Waals surface area contributed by atoms with E-state index in [1.54, 1.807) is 23.0 Å². The number of anilines is 1. The largest absolute Gasteiger partial charge is 0.494 e. The summed E-state index contributed by atoms with van der Waals surface area (Å²) in [5.41, 5.74) is 0.968. The Hall–Kier alpha value is -3.73. The topological polar surface area (TPSA) is 99.5 Å². The van der Waals surface area contributed by atoms with Crippen molar-refractivity contribution in [1.29, 1.82) is 0 Å². The van der Waals surface area contributed by atoms with Gasteiger partial charge in [-0.1, -0.05) is 6.58 Å². The van der Waals surface area contributed by atoms with Crippen LogP contribution in [0.2, 0.25) is 0 Å². The van der Waals surface area contributed by atoms with Gasteiger partial charge < -0.3 is 29.4 Å². The van der Waals surface area contributed by atoms with Gasteiger partial charge in [0.05, 0.1) is 62.2 Å². The second-order valence-corrected chi connectivity index (χ2v) is 7.73. The molecule has 2 unspecified atom stereocenters. The van der Waals surface area contributed by atoms with E-state index in [9.17, 15) is 13.6 Å². The van der Waals surface area contributed by atoms with Crippen LogP contribution in [-0.2, 0) is 16.1 Å². The summed E-state index contributed by atoms with van der Waals surface area (Å²) in [5, 5.41) is 6.09. The fraction of sp³-hybridized carbons (Fsp3) is 0.348. The van der Waals surface area contributed by atoms with Crippen molar-refractivity contribution in [1.82, 2.24) is 19.9 Å². The highest BCUT2D eigenvalue weighted by Crippen LogP contribution is 2.32. The molecule has 34 heavy (non-hydrogen) atoms. The van der Waals surface area contributed by atoms with Gasteiger partial charge in [0, 0.05) is 18.9 Å². The van der Waals surface area contributed by atoms with Gasteiger partial charge in [-0.2, -0.15) is 0 Å². The van der Waals surface area contributed by atoms with E-state index in [0.29, 0.717) is 36.6 Å². The minimum atomic E-state index is -0.799. The number of methoxy groups -OCH3 is 2. The molecule has 4 rings (SSSR count). The predicted octanol–water partition coefficient (Wildman–Crippen LogP) is 2.65. The first-order valence-corrected chi connectivity index (χ1v) is 10.6. The highest BCUT2D eigenvalue weighted by molar-refractivity contribution is 5.87.